The molecule has 2 unspecified atom stereocenters. The molecule has 3 aromatic rings. The summed E-state index contributed by atoms with van der Waals surface area (Å²) in [6, 6.07) is 21.7. The Labute approximate surface area is 209 Å². The first kappa shape index (κ1) is 26.2. The van der Waals surface area contributed by atoms with Crippen LogP contribution in [0.1, 0.15) is 48.3 Å². The van der Waals surface area contributed by atoms with Gasteiger partial charge in [-0.1, -0.05) is 63.1 Å². The molecule has 3 N–H and O–H groups in total. The molecule has 0 radical (unpaired) electrons. The van der Waals surface area contributed by atoms with Gasteiger partial charge in [-0.3, -0.25) is 9.71 Å². The monoisotopic (exact) mass is 479 g/mol. The number of anilines is 1. The lowest BCUT2D eigenvalue weighted by Crippen LogP contribution is -2.48. The van der Waals surface area contributed by atoms with Crippen LogP contribution in [-0.4, -0.2) is 36.8 Å². The van der Waals surface area contributed by atoms with Crippen LogP contribution >= 0.6 is 12.8 Å². The molecule has 2 heterocycles. The largest absolute Gasteiger partial charge is 0.380 e. The number of hydrogen-bond acceptors (Lipinski definition) is 7. The van der Waals surface area contributed by atoms with E-state index >= 15 is 0 Å². The van der Waals surface area contributed by atoms with Gasteiger partial charge in [-0.2, -0.15) is 0 Å². The second-order valence-electron chi connectivity index (χ2n) is 8.00. The zero-order chi connectivity index (χ0) is 24.2. The molecule has 2 aromatic carbocycles. The van der Waals surface area contributed by atoms with Crippen molar-refractivity contribution in [3.63, 3.8) is 0 Å². The van der Waals surface area contributed by atoms with E-state index in [1.807, 2.05) is 26.2 Å². The zero-order valence-corrected chi connectivity index (χ0v) is 21.3. The molecule has 1 aromatic heterocycles. The van der Waals surface area contributed by atoms with Gasteiger partial charge in [0.15, 0.2) is 0 Å². The highest BCUT2D eigenvalue weighted by Gasteiger charge is 2.30. The minimum absolute atomic E-state index is 0.0443. The summed E-state index contributed by atoms with van der Waals surface area (Å²) in [5.74, 6) is 0. The normalized spacial score (nSPS) is 17.4. The number of aromatic nitrogens is 1. The lowest BCUT2D eigenvalue weighted by Gasteiger charge is -2.40. The molecule has 182 valence electrons. The molecule has 1 aliphatic heterocycles. The van der Waals surface area contributed by atoms with E-state index in [1.165, 1.54) is 22.3 Å². The summed E-state index contributed by atoms with van der Waals surface area (Å²) < 4.78 is 8.38. The van der Waals surface area contributed by atoms with E-state index in [0.29, 0.717) is 13.2 Å². The number of ether oxygens (including phenoxy) is 1. The standard InChI is InChI=1S/C25H31N5OS.C2H6/c1-30-25(28-21-8-6-19(7-9-21)12-16-31-17-15-27-32)23-5-3-2-4-22(23)24(29-30)18-20-10-13-26-14-11-20;1-2/h2-11,13-14,24-25,27-29,32H,12,15-18H2,1H3;1-2H3. The number of hydrazine groups is 1. The van der Waals surface area contributed by atoms with E-state index in [2.05, 4.69) is 106 Å². The van der Waals surface area contributed by atoms with Gasteiger partial charge in [-0.05, 0) is 59.4 Å². The van der Waals surface area contributed by atoms with Gasteiger partial charge in [0.1, 0.15) is 6.17 Å². The molecule has 4 rings (SSSR count). The highest BCUT2D eigenvalue weighted by Crippen LogP contribution is 2.34. The van der Waals surface area contributed by atoms with Gasteiger partial charge in [0.2, 0.25) is 0 Å². The van der Waals surface area contributed by atoms with Crippen molar-refractivity contribution in [2.24, 2.45) is 0 Å². The number of rotatable bonds is 10. The Morgan fingerprint density at radius 3 is 2.35 bits per heavy atom. The predicted molar refractivity (Wildman–Crippen MR) is 144 cm³/mol. The number of nitrogens with one attached hydrogen (secondary N) is 3. The van der Waals surface area contributed by atoms with E-state index in [0.717, 1.165) is 25.1 Å². The van der Waals surface area contributed by atoms with Crippen molar-refractivity contribution in [2.45, 2.75) is 38.9 Å². The lowest BCUT2D eigenvalue weighted by atomic mass is 9.92. The average Bonchev–Trinajstić information content (AvgIpc) is 2.89. The zero-order valence-electron chi connectivity index (χ0n) is 20.4. The first-order chi connectivity index (χ1) is 16.7. The van der Waals surface area contributed by atoms with E-state index in [-0.39, 0.29) is 12.2 Å². The third-order valence-electron chi connectivity index (χ3n) is 5.75. The van der Waals surface area contributed by atoms with Crippen molar-refractivity contribution in [3.05, 3.63) is 95.3 Å². The van der Waals surface area contributed by atoms with Crippen molar-refractivity contribution in [2.75, 3.05) is 32.1 Å². The van der Waals surface area contributed by atoms with Crippen molar-refractivity contribution in [1.29, 1.82) is 0 Å². The Bertz CT molecular complexity index is 970. The number of benzene rings is 2. The van der Waals surface area contributed by atoms with E-state index in [1.54, 1.807) is 0 Å². The van der Waals surface area contributed by atoms with Gasteiger partial charge in [-0.15, -0.1) is 0 Å². The Balaban J connectivity index is 0.00000158. The average molecular weight is 480 g/mol. The fraction of sp³-hybridized carbons (Fsp3) is 0.370. The highest BCUT2D eigenvalue weighted by atomic mass is 32.1. The molecule has 7 heteroatoms. The van der Waals surface area contributed by atoms with Crippen LogP contribution in [0.2, 0.25) is 0 Å². The highest BCUT2D eigenvalue weighted by molar-refractivity contribution is 7.78. The number of hydrogen-bond donors (Lipinski definition) is 4. The third kappa shape index (κ3) is 7.29. The second kappa shape index (κ2) is 14.1. The Morgan fingerprint density at radius 1 is 0.941 bits per heavy atom. The van der Waals surface area contributed by atoms with E-state index in [4.69, 9.17) is 4.74 Å². The molecule has 0 amide bonds. The van der Waals surface area contributed by atoms with Crippen LogP contribution in [0.5, 0.6) is 0 Å². The summed E-state index contributed by atoms with van der Waals surface area (Å²) in [6.07, 6.45) is 5.57. The number of pyridine rings is 1. The maximum Gasteiger partial charge on any atom is 0.119 e. The summed E-state index contributed by atoms with van der Waals surface area (Å²) in [7, 11) is 2.10. The summed E-state index contributed by atoms with van der Waals surface area (Å²) in [6.45, 7) is 6.13. The molecule has 0 bridgehead atoms. The molecular weight excluding hydrogens is 442 g/mol. The van der Waals surface area contributed by atoms with Crippen LogP contribution in [0.25, 0.3) is 0 Å². The Hall–Kier alpha value is -2.42. The second-order valence-corrected chi connectivity index (χ2v) is 8.31. The number of nitrogens with zero attached hydrogens (tertiary/aromatic N) is 2. The molecule has 2 atom stereocenters. The number of fused-ring (bicyclic) bond motifs is 1. The maximum atomic E-state index is 5.59. The topological polar surface area (TPSA) is 61.5 Å². The quantitative estimate of drug-likeness (QED) is 0.244. The number of thiol groups is 1. The van der Waals surface area contributed by atoms with Crippen molar-refractivity contribution < 1.29 is 4.74 Å². The van der Waals surface area contributed by atoms with Gasteiger partial charge in [0.25, 0.3) is 0 Å². The minimum Gasteiger partial charge on any atom is -0.380 e. The smallest absolute Gasteiger partial charge is 0.119 e. The van der Waals surface area contributed by atoms with Crippen molar-refractivity contribution in [1.82, 2.24) is 20.1 Å². The Kier molecular flexibility index (Phi) is 10.9. The maximum absolute atomic E-state index is 5.59. The summed E-state index contributed by atoms with van der Waals surface area (Å²) >= 11 is 3.96. The van der Waals surface area contributed by atoms with Crippen LogP contribution in [0.3, 0.4) is 0 Å². The van der Waals surface area contributed by atoms with Crippen molar-refractivity contribution >= 4 is 18.5 Å². The summed E-state index contributed by atoms with van der Waals surface area (Å²) in [5, 5.41) is 5.86. The molecule has 0 fully saturated rings. The molecule has 1 aliphatic rings. The van der Waals surface area contributed by atoms with Gasteiger partial charge in [-0.25, -0.2) is 10.4 Å². The van der Waals surface area contributed by atoms with Gasteiger partial charge in [0, 0.05) is 31.7 Å². The van der Waals surface area contributed by atoms with Crippen LogP contribution in [0.4, 0.5) is 5.69 Å². The molecule has 34 heavy (non-hydrogen) atoms. The third-order valence-corrected chi connectivity index (χ3v) is 5.98. The van der Waals surface area contributed by atoms with Crippen LogP contribution in [0.15, 0.2) is 73.1 Å². The van der Waals surface area contributed by atoms with Gasteiger partial charge < -0.3 is 10.1 Å². The first-order valence-electron chi connectivity index (χ1n) is 12.0. The fourth-order valence-corrected chi connectivity index (χ4v) is 4.19. The molecule has 6 nitrogen and oxygen atoms in total. The van der Waals surface area contributed by atoms with Crippen LogP contribution < -0.4 is 15.5 Å². The SMILES string of the molecule is CC.CN1NC(Cc2ccncc2)c2ccccc2C1Nc1ccc(CCOCCNS)cc1. The van der Waals surface area contributed by atoms with E-state index < -0.39 is 0 Å². The summed E-state index contributed by atoms with van der Waals surface area (Å²) in [4.78, 5) is 4.14. The van der Waals surface area contributed by atoms with Gasteiger partial charge >= 0.3 is 0 Å². The predicted octanol–water partition coefficient (Wildman–Crippen LogP) is 4.95. The lowest BCUT2D eigenvalue weighted by molar-refractivity contribution is 0.130. The molecule has 0 aliphatic carbocycles. The van der Waals surface area contributed by atoms with Crippen LogP contribution in [-0.2, 0) is 17.6 Å². The van der Waals surface area contributed by atoms with Crippen molar-refractivity contribution in [3.8, 4) is 0 Å². The fourth-order valence-electron chi connectivity index (χ4n) is 4.10. The Morgan fingerprint density at radius 2 is 1.65 bits per heavy atom. The van der Waals surface area contributed by atoms with E-state index in [9.17, 15) is 0 Å². The van der Waals surface area contributed by atoms with Crippen LogP contribution in [0, 0.1) is 0 Å². The minimum atomic E-state index is 0.0443. The molecule has 0 spiro atoms. The summed E-state index contributed by atoms with van der Waals surface area (Å²) in [5.41, 5.74) is 9.92. The first-order valence-corrected chi connectivity index (χ1v) is 12.5. The molecular formula is C27H37N5OS. The molecule has 0 saturated heterocycles. The molecule has 0 saturated carbocycles. The van der Waals surface area contributed by atoms with Gasteiger partial charge in [0.05, 0.1) is 19.3 Å².